The predicted molar refractivity (Wildman–Crippen MR) is 118 cm³/mol. The van der Waals surface area contributed by atoms with Gasteiger partial charge in [-0.25, -0.2) is 0 Å². The average Bonchev–Trinajstić information content (AvgIpc) is 2.66. The van der Waals surface area contributed by atoms with Gasteiger partial charge in [0.15, 0.2) is 11.3 Å². The lowest BCUT2D eigenvalue weighted by molar-refractivity contribution is 0.369. The van der Waals surface area contributed by atoms with Gasteiger partial charge in [0.1, 0.15) is 22.5 Å². The molecule has 3 aromatic rings. The number of hydrogen-bond donors (Lipinski definition) is 3. The molecule has 3 N–H and O–H groups in total. The Morgan fingerprint density at radius 2 is 1.87 bits per heavy atom. The molecule has 6 heteroatoms. The third-order valence-corrected chi connectivity index (χ3v) is 5.31. The molecule has 1 heterocycles. The smallest absolute Gasteiger partial charge is 0.204 e. The molecule has 0 radical (unpaired) electrons. The maximum absolute atomic E-state index is 13.4. The molecule has 0 atom stereocenters. The van der Waals surface area contributed by atoms with Crippen molar-refractivity contribution >= 4 is 21.9 Å². The molecule has 0 spiro atoms. The van der Waals surface area contributed by atoms with Crippen LogP contribution in [-0.4, -0.2) is 22.4 Å². The molecule has 0 aliphatic heterocycles. The van der Waals surface area contributed by atoms with E-state index in [9.17, 15) is 20.1 Å². The lowest BCUT2D eigenvalue weighted by Gasteiger charge is -2.23. The third-order valence-electron chi connectivity index (χ3n) is 5.31. The van der Waals surface area contributed by atoms with Crippen molar-refractivity contribution < 1.29 is 24.5 Å². The second-order valence-corrected chi connectivity index (χ2v) is 8.13. The zero-order valence-electron chi connectivity index (χ0n) is 17.8. The third kappa shape index (κ3) is 3.28. The zero-order valence-corrected chi connectivity index (χ0v) is 17.8. The van der Waals surface area contributed by atoms with Crippen molar-refractivity contribution in [3.63, 3.8) is 0 Å². The van der Waals surface area contributed by atoms with E-state index in [1.807, 2.05) is 19.9 Å². The number of rotatable bonds is 5. The minimum atomic E-state index is -0.787. The Bertz CT molecular complexity index is 1260. The average molecular weight is 410 g/mol. The highest BCUT2D eigenvalue weighted by Crippen LogP contribution is 2.45. The van der Waals surface area contributed by atoms with Gasteiger partial charge in [-0.3, -0.25) is 4.79 Å². The van der Waals surface area contributed by atoms with Crippen LogP contribution in [-0.2, 0) is 11.8 Å². The zero-order chi connectivity index (χ0) is 22.4. The molecule has 0 amide bonds. The van der Waals surface area contributed by atoms with Crippen LogP contribution in [0.5, 0.6) is 23.0 Å². The fraction of sp³-hybridized carbons (Fsp3) is 0.292. The topological polar surface area (TPSA) is 100 Å². The van der Waals surface area contributed by atoms with Gasteiger partial charge in [-0.2, -0.15) is 0 Å². The van der Waals surface area contributed by atoms with Crippen LogP contribution in [0.4, 0.5) is 0 Å². The number of ether oxygens (including phenoxy) is 1. The molecule has 0 aliphatic rings. The number of allylic oxidation sites excluding steroid dienone is 3. The van der Waals surface area contributed by atoms with Crippen molar-refractivity contribution in [3.05, 3.63) is 57.8 Å². The number of fused-ring (bicyclic) bond motifs is 2. The van der Waals surface area contributed by atoms with E-state index in [0.717, 1.165) is 5.57 Å². The number of phenolic OH excluding ortho intramolecular Hbond substituents is 3. The summed E-state index contributed by atoms with van der Waals surface area (Å²) < 4.78 is 11.2. The molecule has 1 aromatic heterocycles. The number of benzene rings is 2. The van der Waals surface area contributed by atoms with E-state index in [4.69, 9.17) is 9.15 Å². The molecule has 30 heavy (non-hydrogen) atoms. The Morgan fingerprint density at radius 1 is 1.20 bits per heavy atom. The van der Waals surface area contributed by atoms with Crippen LogP contribution in [0.25, 0.3) is 21.9 Å². The first-order chi connectivity index (χ1) is 14.0. The highest BCUT2D eigenvalue weighted by molar-refractivity contribution is 5.98. The number of methoxy groups -OCH3 is 1. The van der Waals surface area contributed by atoms with Gasteiger partial charge in [0, 0.05) is 22.6 Å². The maximum Gasteiger partial charge on any atom is 0.204 e. The number of hydrogen-bond acceptors (Lipinski definition) is 6. The minimum absolute atomic E-state index is 0.0131. The van der Waals surface area contributed by atoms with E-state index >= 15 is 0 Å². The molecule has 0 unspecified atom stereocenters. The van der Waals surface area contributed by atoms with Gasteiger partial charge in [0.2, 0.25) is 11.2 Å². The minimum Gasteiger partial charge on any atom is -0.507 e. The SMILES string of the molecule is C=CC(C)(C)c1c(O)cc2oc3c(OC)c(O)c(CC=C(C)C)cc3c(=O)c2c1O. The molecule has 158 valence electrons. The molecular weight excluding hydrogens is 384 g/mol. The van der Waals surface area contributed by atoms with Crippen LogP contribution in [0.2, 0.25) is 0 Å². The Kier molecular flexibility index (Phi) is 5.29. The van der Waals surface area contributed by atoms with Crippen LogP contribution >= 0.6 is 0 Å². The lowest BCUT2D eigenvalue weighted by Crippen LogP contribution is -2.15. The molecule has 0 fully saturated rings. The van der Waals surface area contributed by atoms with Gasteiger partial charge in [-0.05, 0) is 26.3 Å². The summed E-state index contributed by atoms with van der Waals surface area (Å²) >= 11 is 0. The second kappa shape index (κ2) is 7.44. The van der Waals surface area contributed by atoms with E-state index in [2.05, 4.69) is 6.58 Å². The van der Waals surface area contributed by atoms with Crippen molar-refractivity contribution in [2.45, 2.75) is 39.5 Å². The van der Waals surface area contributed by atoms with Crippen LogP contribution in [0.15, 0.2) is 45.6 Å². The quantitative estimate of drug-likeness (QED) is 0.402. The van der Waals surface area contributed by atoms with E-state index < -0.39 is 10.8 Å². The monoisotopic (exact) mass is 410 g/mol. The molecule has 0 saturated carbocycles. The first-order valence-electron chi connectivity index (χ1n) is 9.55. The lowest BCUT2D eigenvalue weighted by atomic mass is 9.82. The standard InChI is InChI=1S/C24H26O6/c1-7-24(4,5)18-15(25)11-16-17(21(18)28)20(27)14-10-13(9-8-12(2)3)19(26)23(29-6)22(14)30-16/h7-8,10-11,25-26,28H,1,9H2,2-6H3. The first-order valence-corrected chi connectivity index (χ1v) is 9.55. The largest absolute Gasteiger partial charge is 0.507 e. The Balaban J connectivity index is 2.49. The van der Waals surface area contributed by atoms with E-state index in [1.165, 1.54) is 13.2 Å². The van der Waals surface area contributed by atoms with Crippen LogP contribution in [0.3, 0.4) is 0 Å². The normalized spacial score (nSPS) is 11.6. The fourth-order valence-corrected chi connectivity index (χ4v) is 3.53. The van der Waals surface area contributed by atoms with Crippen molar-refractivity contribution in [1.82, 2.24) is 0 Å². The summed E-state index contributed by atoms with van der Waals surface area (Å²) in [6.45, 7) is 11.2. The fourth-order valence-electron chi connectivity index (χ4n) is 3.53. The number of aromatic hydroxyl groups is 3. The predicted octanol–water partition coefficient (Wildman–Crippen LogP) is 5.04. The summed E-state index contributed by atoms with van der Waals surface area (Å²) in [6.07, 6.45) is 3.90. The van der Waals surface area contributed by atoms with Crippen LogP contribution in [0.1, 0.15) is 38.8 Å². The molecule has 2 aromatic carbocycles. The van der Waals surface area contributed by atoms with Gasteiger partial charge in [-0.1, -0.05) is 31.6 Å². The summed E-state index contributed by atoms with van der Waals surface area (Å²) in [5, 5.41) is 32.2. The van der Waals surface area contributed by atoms with Gasteiger partial charge in [0.25, 0.3) is 0 Å². The van der Waals surface area contributed by atoms with Gasteiger partial charge < -0.3 is 24.5 Å². The first kappa shape index (κ1) is 21.3. The summed E-state index contributed by atoms with van der Waals surface area (Å²) in [5.41, 5.74) is 0.503. The molecule has 0 aliphatic carbocycles. The Hall–Kier alpha value is -3.41. The van der Waals surface area contributed by atoms with Gasteiger partial charge in [-0.15, -0.1) is 6.58 Å². The summed E-state index contributed by atoms with van der Waals surface area (Å²) in [4.78, 5) is 13.4. The van der Waals surface area contributed by atoms with E-state index in [-0.39, 0.29) is 50.5 Å². The highest BCUT2D eigenvalue weighted by atomic mass is 16.5. The Morgan fingerprint density at radius 3 is 2.43 bits per heavy atom. The van der Waals surface area contributed by atoms with E-state index in [1.54, 1.807) is 26.0 Å². The van der Waals surface area contributed by atoms with Crippen molar-refractivity contribution in [1.29, 1.82) is 0 Å². The van der Waals surface area contributed by atoms with Gasteiger partial charge in [0.05, 0.1) is 12.5 Å². The second-order valence-electron chi connectivity index (χ2n) is 8.13. The molecule has 0 saturated heterocycles. The number of phenols is 3. The summed E-state index contributed by atoms with van der Waals surface area (Å²) in [5.74, 6) is -0.680. The van der Waals surface area contributed by atoms with Gasteiger partial charge >= 0.3 is 0 Å². The van der Waals surface area contributed by atoms with E-state index in [0.29, 0.717) is 12.0 Å². The molecule has 6 nitrogen and oxygen atoms in total. The summed E-state index contributed by atoms with van der Waals surface area (Å²) in [7, 11) is 1.37. The molecule has 3 rings (SSSR count). The molecule has 0 bridgehead atoms. The van der Waals surface area contributed by atoms with Crippen LogP contribution in [0, 0.1) is 0 Å². The van der Waals surface area contributed by atoms with Crippen molar-refractivity contribution in [3.8, 4) is 23.0 Å². The van der Waals surface area contributed by atoms with Crippen LogP contribution < -0.4 is 10.2 Å². The highest BCUT2D eigenvalue weighted by Gasteiger charge is 2.29. The Labute approximate surface area is 174 Å². The van der Waals surface area contributed by atoms with Crippen molar-refractivity contribution in [2.75, 3.05) is 7.11 Å². The summed E-state index contributed by atoms with van der Waals surface area (Å²) in [6, 6.07) is 2.83. The molecular formula is C24H26O6. The van der Waals surface area contributed by atoms with Crippen molar-refractivity contribution in [2.24, 2.45) is 0 Å². The maximum atomic E-state index is 13.4.